The van der Waals surface area contributed by atoms with E-state index < -0.39 is 0 Å². The van der Waals surface area contributed by atoms with Gasteiger partial charge in [-0.05, 0) is 13.3 Å². The van der Waals surface area contributed by atoms with Crippen LogP contribution in [0.2, 0.25) is 0 Å². The Hall–Kier alpha value is -0.610. The molecule has 3 N–H and O–H groups in total. The van der Waals surface area contributed by atoms with E-state index in [0.29, 0.717) is 12.6 Å². The summed E-state index contributed by atoms with van der Waals surface area (Å²) in [6, 6.07) is 0.306. The van der Waals surface area contributed by atoms with E-state index in [9.17, 15) is 0 Å². The van der Waals surface area contributed by atoms with Crippen LogP contribution in [0.1, 0.15) is 19.5 Å². The molecule has 0 fully saturated rings. The van der Waals surface area contributed by atoms with Crippen LogP contribution in [-0.2, 0) is 6.42 Å². The summed E-state index contributed by atoms with van der Waals surface area (Å²) in [7, 11) is 0. The van der Waals surface area contributed by atoms with Crippen molar-refractivity contribution in [1.29, 1.82) is 0 Å². The van der Waals surface area contributed by atoms with Gasteiger partial charge >= 0.3 is 0 Å². The molecule has 1 rings (SSSR count). The molecule has 1 aromatic heterocycles. The first kappa shape index (κ1) is 9.48. The molecule has 1 aromatic rings. The second-order valence-corrected chi connectivity index (χ2v) is 3.64. The predicted octanol–water partition coefficient (Wildman–Crippen LogP) is 1.46. The minimum absolute atomic E-state index is 0.306. The molecule has 0 aromatic carbocycles. The number of rotatable bonds is 4. The van der Waals surface area contributed by atoms with Gasteiger partial charge in [-0.25, -0.2) is 4.98 Å². The maximum Gasteiger partial charge on any atom is 0.183 e. The second-order valence-electron chi connectivity index (χ2n) is 2.78. The van der Waals surface area contributed by atoms with Crippen LogP contribution in [0.5, 0.6) is 0 Å². The van der Waals surface area contributed by atoms with Crippen molar-refractivity contribution in [3.8, 4) is 0 Å². The van der Waals surface area contributed by atoms with Gasteiger partial charge in [-0.1, -0.05) is 6.92 Å². The fourth-order valence-corrected chi connectivity index (χ4v) is 1.71. The fourth-order valence-electron chi connectivity index (χ4n) is 0.805. The summed E-state index contributed by atoms with van der Waals surface area (Å²) in [5.41, 5.74) is 6.62. The number of aryl methyl sites for hydroxylation is 1. The Labute approximate surface area is 77.0 Å². The Morgan fingerprint density at radius 3 is 3.00 bits per heavy atom. The monoisotopic (exact) mass is 185 g/mol. The molecule has 0 spiro atoms. The zero-order valence-corrected chi connectivity index (χ0v) is 8.32. The quantitative estimate of drug-likeness (QED) is 0.746. The van der Waals surface area contributed by atoms with Crippen molar-refractivity contribution < 1.29 is 0 Å². The first-order valence-electron chi connectivity index (χ1n) is 4.17. The standard InChI is InChI=1S/C8H15N3S/c1-3-7-5-12-8(11-7)10-6(2)4-9/h5-6H,3-4,9H2,1-2H3,(H,10,11). The van der Waals surface area contributed by atoms with Crippen LogP contribution in [0, 0.1) is 0 Å². The summed E-state index contributed by atoms with van der Waals surface area (Å²) in [5.74, 6) is 0. The summed E-state index contributed by atoms with van der Waals surface area (Å²) in [6.45, 7) is 4.79. The molecule has 0 saturated heterocycles. The van der Waals surface area contributed by atoms with Crippen LogP contribution in [0.25, 0.3) is 0 Å². The zero-order chi connectivity index (χ0) is 8.97. The van der Waals surface area contributed by atoms with Gasteiger partial charge in [0.2, 0.25) is 0 Å². The molecule has 0 aliphatic heterocycles. The van der Waals surface area contributed by atoms with Gasteiger partial charge in [0, 0.05) is 18.0 Å². The summed E-state index contributed by atoms with van der Waals surface area (Å²) >= 11 is 1.64. The third-order valence-corrected chi connectivity index (χ3v) is 2.46. The van der Waals surface area contributed by atoms with Gasteiger partial charge in [-0.15, -0.1) is 11.3 Å². The molecule has 1 unspecified atom stereocenters. The third-order valence-electron chi connectivity index (χ3n) is 1.64. The maximum atomic E-state index is 5.47. The first-order chi connectivity index (χ1) is 5.76. The number of hydrogen-bond acceptors (Lipinski definition) is 4. The maximum absolute atomic E-state index is 5.47. The molecule has 0 bridgehead atoms. The van der Waals surface area contributed by atoms with Gasteiger partial charge < -0.3 is 11.1 Å². The Balaban J connectivity index is 2.52. The lowest BCUT2D eigenvalue weighted by atomic mass is 10.3. The number of nitrogens with zero attached hydrogens (tertiary/aromatic N) is 1. The van der Waals surface area contributed by atoms with Crippen LogP contribution in [0.3, 0.4) is 0 Å². The SMILES string of the molecule is CCc1csc(NC(C)CN)n1. The Morgan fingerprint density at radius 1 is 1.75 bits per heavy atom. The molecule has 68 valence electrons. The van der Waals surface area contributed by atoms with Gasteiger partial charge in [-0.2, -0.15) is 0 Å². The highest BCUT2D eigenvalue weighted by molar-refractivity contribution is 7.13. The van der Waals surface area contributed by atoms with E-state index in [0.717, 1.165) is 17.2 Å². The normalized spacial score (nSPS) is 12.9. The smallest absolute Gasteiger partial charge is 0.183 e. The van der Waals surface area contributed by atoms with E-state index in [1.54, 1.807) is 11.3 Å². The van der Waals surface area contributed by atoms with E-state index in [-0.39, 0.29) is 0 Å². The highest BCUT2D eigenvalue weighted by Crippen LogP contribution is 2.16. The van der Waals surface area contributed by atoms with E-state index >= 15 is 0 Å². The topological polar surface area (TPSA) is 50.9 Å². The number of anilines is 1. The minimum Gasteiger partial charge on any atom is -0.358 e. The molecule has 1 atom stereocenters. The number of aromatic nitrogens is 1. The molecule has 0 amide bonds. The molecular weight excluding hydrogens is 170 g/mol. The molecule has 0 saturated carbocycles. The number of nitrogens with two attached hydrogens (primary N) is 1. The Kier molecular flexibility index (Phi) is 3.49. The lowest BCUT2D eigenvalue weighted by molar-refractivity contribution is 0.801. The van der Waals surface area contributed by atoms with Crippen LogP contribution in [0.15, 0.2) is 5.38 Å². The predicted molar refractivity (Wildman–Crippen MR) is 53.6 cm³/mol. The number of hydrogen-bond donors (Lipinski definition) is 2. The molecule has 4 heteroatoms. The molecule has 3 nitrogen and oxygen atoms in total. The second kappa shape index (κ2) is 4.42. The zero-order valence-electron chi connectivity index (χ0n) is 7.50. The van der Waals surface area contributed by atoms with Gasteiger partial charge in [0.05, 0.1) is 5.69 Å². The van der Waals surface area contributed by atoms with Crippen LogP contribution in [0.4, 0.5) is 5.13 Å². The first-order valence-corrected chi connectivity index (χ1v) is 5.05. The van der Waals surface area contributed by atoms with E-state index in [1.807, 2.05) is 6.92 Å². The van der Waals surface area contributed by atoms with Crippen molar-refractivity contribution in [2.45, 2.75) is 26.3 Å². The Bertz CT molecular complexity index is 234. The van der Waals surface area contributed by atoms with Gasteiger partial charge in [0.25, 0.3) is 0 Å². The van der Waals surface area contributed by atoms with Crippen LogP contribution >= 0.6 is 11.3 Å². The van der Waals surface area contributed by atoms with Crippen molar-refractivity contribution in [2.24, 2.45) is 5.73 Å². The van der Waals surface area contributed by atoms with Crippen molar-refractivity contribution in [2.75, 3.05) is 11.9 Å². The fraction of sp³-hybridized carbons (Fsp3) is 0.625. The van der Waals surface area contributed by atoms with Gasteiger partial charge in [0.15, 0.2) is 5.13 Å². The summed E-state index contributed by atoms with van der Waals surface area (Å²) in [4.78, 5) is 4.37. The average Bonchev–Trinajstić information content (AvgIpc) is 2.52. The molecule has 0 aliphatic carbocycles. The molecule has 0 radical (unpaired) electrons. The lowest BCUT2D eigenvalue weighted by Gasteiger charge is -2.08. The van der Waals surface area contributed by atoms with Crippen molar-refractivity contribution in [3.63, 3.8) is 0 Å². The minimum atomic E-state index is 0.306. The highest BCUT2D eigenvalue weighted by Gasteiger charge is 2.02. The van der Waals surface area contributed by atoms with Crippen LogP contribution < -0.4 is 11.1 Å². The van der Waals surface area contributed by atoms with E-state index in [1.165, 1.54) is 0 Å². The largest absolute Gasteiger partial charge is 0.358 e. The van der Waals surface area contributed by atoms with Crippen molar-refractivity contribution >= 4 is 16.5 Å². The molecule has 1 heterocycles. The number of thiazole rings is 1. The van der Waals surface area contributed by atoms with Gasteiger partial charge in [0.1, 0.15) is 0 Å². The Morgan fingerprint density at radius 2 is 2.50 bits per heavy atom. The summed E-state index contributed by atoms with van der Waals surface area (Å²) in [6.07, 6.45) is 0.995. The highest BCUT2D eigenvalue weighted by atomic mass is 32.1. The average molecular weight is 185 g/mol. The summed E-state index contributed by atoms with van der Waals surface area (Å²) < 4.78 is 0. The molecular formula is C8H15N3S. The van der Waals surface area contributed by atoms with E-state index in [2.05, 4.69) is 22.6 Å². The third kappa shape index (κ3) is 2.46. The lowest BCUT2D eigenvalue weighted by Crippen LogP contribution is -2.24. The van der Waals surface area contributed by atoms with Gasteiger partial charge in [-0.3, -0.25) is 0 Å². The van der Waals surface area contributed by atoms with E-state index in [4.69, 9.17) is 5.73 Å². The summed E-state index contributed by atoms with van der Waals surface area (Å²) in [5, 5.41) is 6.28. The molecule has 0 aliphatic rings. The molecule has 12 heavy (non-hydrogen) atoms. The van der Waals surface area contributed by atoms with Crippen LogP contribution in [-0.4, -0.2) is 17.6 Å². The van der Waals surface area contributed by atoms with Crippen molar-refractivity contribution in [3.05, 3.63) is 11.1 Å². The van der Waals surface area contributed by atoms with Crippen molar-refractivity contribution in [1.82, 2.24) is 4.98 Å². The number of nitrogens with one attached hydrogen (secondary N) is 1.